The number of hydrogen-bond donors (Lipinski definition) is 1. The number of carbonyl (C=O) groups is 1. The monoisotopic (exact) mass is 578 g/mol. The second kappa shape index (κ2) is 11.5. The third kappa shape index (κ3) is 5.48. The Morgan fingerprint density at radius 2 is 1.82 bits per heavy atom. The van der Waals surface area contributed by atoms with Gasteiger partial charge in [0.25, 0.3) is 5.91 Å². The average molecular weight is 579 g/mol. The number of fused-ring (bicyclic) bond motifs is 2. The van der Waals surface area contributed by atoms with Gasteiger partial charge in [0, 0.05) is 42.2 Å². The van der Waals surface area contributed by atoms with E-state index >= 15 is 0 Å². The van der Waals surface area contributed by atoms with E-state index in [4.69, 9.17) is 4.98 Å². The summed E-state index contributed by atoms with van der Waals surface area (Å²) in [5.74, 6) is -0.290. The number of likely N-dealkylation sites (N-methyl/N-ethyl adjacent to an activating group) is 1. The maximum absolute atomic E-state index is 13.4. The van der Waals surface area contributed by atoms with Gasteiger partial charge in [-0.15, -0.1) is 35.8 Å². The summed E-state index contributed by atoms with van der Waals surface area (Å²) in [6, 6.07) is 14.1. The molecule has 0 unspecified atom stereocenters. The van der Waals surface area contributed by atoms with Crippen LogP contribution in [0.3, 0.4) is 0 Å². The summed E-state index contributed by atoms with van der Waals surface area (Å²) in [4.78, 5) is 22.0. The number of hydrogen-bond acceptors (Lipinski definition) is 7. The van der Waals surface area contributed by atoms with E-state index in [0.29, 0.717) is 5.56 Å². The fourth-order valence-corrected chi connectivity index (χ4v) is 8.46. The Labute approximate surface area is 237 Å². The second-order valence-corrected chi connectivity index (χ2v) is 13.3. The molecule has 0 bridgehead atoms. The van der Waals surface area contributed by atoms with Gasteiger partial charge in [0.05, 0.1) is 15.1 Å². The molecular formula is C29H30N4O3S3. The van der Waals surface area contributed by atoms with Gasteiger partial charge in [0.2, 0.25) is 10.0 Å². The van der Waals surface area contributed by atoms with Crippen molar-refractivity contribution in [3.05, 3.63) is 89.8 Å². The molecule has 1 aliphatic rings. The fraction of sp³-hybridized carbons (Fsp3) is 0.241. The number of rotatable bonds is 10. The molecule has 2 aromatic carbocycles. The molecule has 5 rings (SSSR count). The molecule has 4 aromatic rings. The lowest BCUT2D eigenvalue weighted by Crippen LogP contribution is -2.31. The molecule has 1 N–H and O–H groups in total. The first-order chi connectivity index (χ1) is 18.8. The summed E-state index contributed by atoms with van der Waals surface area (Å²) in [5, 5.41) is 4.80. The van der Waals surface area contributed by atoms with Gasteiger partial charge in [-0.05, 0) is 54.9 Å². The second-order valence-electron chi connectivity index (χ2n) is 9.19. The van der Waals surface area contributed by atoms with E-state index in [1.165, 1.54) is 39.0 Å². The molecule has 39 heavy (non-hydrogen) atoms. The standard InChI is InChI=1S/C29H30N4O3S3/c1-4-16-33(17-5-2)39(35,36)21-13-11-20(12-14-21)27(34)31-29-26(22-15-18-32(6-3)19-25(22)38-29)28-30-23-9-7-8-10-24(23)37-28/h4-5,7-14H,1-2,6,15-19H2,3H3,(H,31,34). The minimum absolute atomic E-state index is 0.115. The molecular weight excluding hydrogens is 549 g/mol. The Bertz CT molecular complexity index is 1590. The predicted molar refractivity (Wildman–Crippen MR) is 161 cm³/mol. The molecule has 0 radical (unpaired) electrons. The first kappa shape index (κ1) is 27.4. The van der Waals surface area contributed by atoms with E-state index in [1.807, 2.05) is 18.2 Å². The molecule has 0 saturated carbocycles. The molecule has 2 aromatic heterocycles. The number of nitrogens with one attached hydrogen (secondary N) is 1. The van der Waals surface area contributed by atoms with Crippen LogP contribution in [-0.2, 0) is 23.0 Å². The Morgan fingerprint density at radius 3 is 2.49 bits per heavy atom. The highest BCUT2D eigenvalue weighted by Gasteiger charge is 2.28. The van der Waals surface area contributed by atoms with E-state index in [-0.39, 0.29) is 23.9 Å². The number of amides is 1. The van der Waals surface area contributed by atoms with Crippen molar-refractivity contribution >= 4 is 53.8 Å². The Kier molecular flexibility index (Phi) is 8.11. The number of thiazole rings is 1. The van der Waals surface area contributed by atoms with Gasteiger partial charge in [-0.1, -0.05) is 31.2 Å². The number of para-hydroxylation sites is 1. The number of sulfonamides is 1. The molecule has 202 valence electrons. The van der Waals surface area contributed by atoms with Crippen LogP contribution >= 0.6 is 22.7 Å². The highest BCUT2D eigenvalue weighted by Crippen LogP contribution is 2.45. The molecule has 1 aliphatic heterocycles. The normalized spacial score (nSPS) is 13.9. The number of benzene rings is 2. The van der Waals surface area contributed by atoms with Crippen molar-refractivity contribution in [3.63, 3.8) is 0 Å². The van der Waals surface area contributed by atoms with Crippen LogP contribution in [0.5, 0.6) is 0 Å². The van der Waals surface area contributed by atoms with Gasteiger partial charge in [0.15, 0.2) is 0 Å². The Morgan fingerprint density at radius 1 is 1.10 bits per heavy atom. The van der Waals surface area contributed by atoms with E-state index in [0.717, 1.165) is 51.8 Å². The zero-order chi connectivity index (χ0) is 27.6. The van der Waals surface area contributed by atoms with Crippen LogP contribution in [0.25, 0.3) is 20.8 Å². The summed E-state index contributed by atoms with van der Waals surface area (Å²) in [6.45, 7) is 12.6. The van der Waals surface area contributed by atoms with E-state index < -0.39 is 10.0 Å². The molecule has 7 nitrogen and oxygen atoms in total. The van der Waals surface area contributed by atoms with Gasteiger partial charge >= 0.3 is 0 Å². The minimum Gasteiger partial charge on any atom is -0.313 e. The van der Waals surface area contributed by atoms with Crippen LogP contribution in [0, 0.1) is 0 Å². The maximum atomic E-state index is 13.4. The maximum Gasteiger partial charge on any atom is 0.256 e. The average Bonchev–Trinajstić information content (AvgIpc) is 3.53. The van der Waals surface area contributed by atoms with Gasteiger partial charge in [0.1, 0.15) is 10.0 Å². The van der Waals surface area contributed by atoms with Crippen molar-refractivity contribution < 1.29 is 13.2 Å². The third-order valence-corrected chi connectivity index (χ3v) is 10.8. The van der Waals surface area contributed by atoms with Crippen LogP contribution in [-0.4, -0.2) is 54.7 Å². The highest BCUT2D eigenvalue weighted by molar-refractivity contribution is 7.89. The van der Waals surface area contributed by atoms with Crippen LogP contribution in [0.2, 0.25) is 0 Å². The number of nitrogens with zero attached hydrogens (tertiary/aromatic N) is 3. The summed E-state index contributed by atoms with van der Waals surface area (Å²) in [5.41, 5.74) is 3.58. The first-order valence-electron chi connectivity index (χ1n) is 12.7. The molecule has 10 heteroatoms. The summed E-state index contributed by atoms with van der Waals surface area (Å²) < 4.78 is 28.5. The van der Waals surface area contributed by atoms with Crippen LogP contribution in [0.1, 0.15) is 27.7 Å². The lowest BCUT2D eigenvalue weighted by Gasteiger charge is -2.25. The predicted octanol–water partition coefficient (Wildman–Crippen LogP) is 6.02. The van der Waals surface area contributed by atoms with Crippen LogP contribution in [0.4, 0.5) is 5.00 Å². The van der Waals surface area contributed by atoms with Crippen LogP contribution < -0.4 is 5.32 Å². The van der Waals surface area contributed by atoms with Gasteiger partial charge in [-0.2, -0.15) is 4.31 Å². The SMILES string of the molecule is C=CCN(CC=C)S(=O)(=O)c1ccc(C(=O)Nc2sc3c(c2-c2nc4ccccc4s2)CCN(CC)C3)cc1. The quantitative estimate of drug-likeness (QED) is 0.233. The number of thiophene rings is 1. The molecule has 0 atom stereocenters. The molecule has 0 fully saturated rings. The van der Waals surface area contributed by atoms with Crippen molar-refractivity contribution in [2.24, 2.45) is 0 Å². The Balaban J connectivity index is 1.46. The number of carbonyl (C=O) groups excluding carboxylic acids is 1. The van der Waals surface area contributed by atoms with Crippen molar-refractivity contribution in [1.29, 1.82) is 0 Å². The molecule has 0 aliphatic carbocycles. The third-order valence-electron chi connectivity index (χ3n) is 6.74. The first-order valence-corrected chi connectivity index (χ1v) is 15.8. The number of anilines is 1. The summed E-state index contributed by atoms with van der Waals surface area (Å²) in [6.07, 6.45) is 3.97. The lowest BCUT2D eigenvalue weighted by molar-refractivity contribution is 0.102. The molecule has 0 spiro atoms. The van der Waals surface area contributed by atoms with Gasteiger partial charge in [-0.25, -0.2) is 13.4 Å². The lowest BCUT2D eigenvalue weighted by atomic mass is 10.0. The topological polar surface area (TPSA) is 82.6 Å². The van der Waals surface area contributed by atoms with Crippen molar-refractivity contribution in [1.82, 2.24) is 14.2 Å². The zero-order valence-electron chi connectivity index (χ0n) is 21.7. The summed E-state index contributed by atoms with van der Waals surface area (Å²) in [7, 11) is -3.74. The van der Waals surface area contributed by atoms with Gasteiger partial charge < -0.3 is 5.32 Å². The van der Waals surface area contributed by atoms with Crippen molar-refractivity contribution in [2.45, 2.75) is 24.8 Å². The number of aromatic nitrogens is 1. The Hall–Kier alpha value is -3.15. The van der Waals surface area contributed by atoms with E-state index in [2.05, 4.69) is 36.4 Å². The minimum atomic E-state index is -3.74. The highest BCUT2D eigenvalue weighted by atomic mass is 32.2. The zero-order valence-corrected chi connectivity index (χ0v) is 24.2. The molecule has 1 amide bonds. The summed E-state index contributed by atoms with van der Waals surface area (Å²) >= 11 is 3.23. The van der Waals surface area contributed by atoms with Crippen molar-refractivity contribution in [2.75, 3.05) is 31.5 Å². The van der Waals surface area contributed by atoms with Crippen LogP contribution in [0.15, 0.2) is 78.7 Å². The fourth-order valence-electron chi connectivity index (χ4n) is 4.68. The van der Waals surface area contributed by atoms with Gasteiger partial charge in [-0.3, -0.25) is 9.69 Å². The largest absolute Gasteiger partial charge is 0.313 e. The van der Waals surface area contributed by atoms with Crippen molar-refractivity contribution in [3.8, 4) is 10.6 Å². The van der Waals surface area contributed by atoms with E-state index in [9.17, 15) is 13.2 Å². The van der Waals surface area contributed by atoms with E-state index in [1.54, 1.807) is 34.8 Å². The molecule has 3 heterocycles. The molecule has 0 saturated heterocycles. The smallest absolute Gasteiger partial charge is 0.256 e.